The maximum Gasteiger partial charge on any atom is 0.252 e. The molecule has 1 aliphatic rings. The van der Waals surface area contributed by atoms with Crippen LogP contribution in [0.15, 0.2) is 4.40 Å². The molecule has 0 atom stereocenters. The minimum absolute atomic E-state index is 0.228. The van der Waals surface area contributed by atoms with E-state index in [1.807, 2.05) is 0 Å². The molecule has 0 aromatic heterocycles. The molecule has 1 fully saturated rings. The molecular weight excluding hydrogens is 250 g/mol. The molecule has 3 nitrogen and oxygen atoms in total. The number of hydrogen-bond donors (Lipinski definition) is 0. The highest BCUT2D eigenvalue weighted by Gasteiger charge is 2.18. The first-order valence-electron chi connectivity index (χ1n) is 6.57. The quantitative estimate of drug-likeness (QED) is 0.571. The third-order valence-electron chi connectivity index (χ3n) is 3.19. The number of sulfonamides is 1. The van der Waals surface area contributed by atoms with E-state index < -0.39 is 18.1 Å². The molecule has 0 bridgehead atoms. The lowest BCUT2D eigenvalue weighted by molar-refractivity contribution is 0.445. The van der Waals surface area contributed by atoms with Crippen molar-refractivity contribution < 1.29 is 8.42 Å². The summed E-state index contributed by atoms with van der Waals surface area (Å²) >= 11 is 0. The third-order valence-corrected chi connectivity index (χ3v) is 6.47. The maximum absolute atomic E-state index is 11.7. The first-order valence-corrected chi connectivity index (χ1v) is 11.9. The zero-order valence-electron chi connectivity index (χ0n) is 11.3. The SMILES string of the molecule is C[Si](C)(C)CCS(=O)(=O)/N=C\C1CCCCC1. The summed E-state index contributed by atoms with van der Waals surface area (Å²) < 4.78 is 27.3. The molecule has 0 heterocycles. The van der Waals surface area contributed by atoms with Crippen LogP contribution in [0.1, 0.15) is 32.1 Å². The van der Waals surface area contributed by atoms with Gasteiger partial charge in [0.2, 0.25) is 0 Å². The van der Waals surface area contributed by atoms with Gasteiger partial charge in [0.25, 0.3) is 10.0 Å². The van der Waals surface area contributed by atoms with Gasteiger partial charge in [0.05, 0.1) is 5.75 Å². The van der Waals surface area contributed by atoms with Gasteiger partial charge in [-0.15, -0.1) is 0 Å². The highest BCUT2D eigenvalue weighted by molar-refractivity contribution is 7.90. The Kier molecular flexibility index (Phi) is 5.38. The Hall–Kier alpha value is -0.163. The van der Waals surface area contributed by atoms with Gasteiger partial charge in [-0.2, -0.15) is 4.40 Å². The van der Waals surface area contributed by atoms with Gasteiger partial charge in [-0.25, -0.2) is 8.42 Å². The Morgan fingerprint density at radius 1 is 1.18 bits per heavy atom. The first kappa shape index (κ1) is 14.9. The fourth-order valence-corrected chi connectivity index (χ4v) is 5.89. The van der Waals surface area contributed by atoms with Gasteiger partial charge in [0.1, 0.15) is 0 Å². The summed E-state index contributed by atoms with van der Waals surface area (Å²) in [6, 6.07) is 0.803. The van der Waals surface area contributed by atoms with Crippen molar-refractivity contribution in [2.24, 2.45) is 10.3 Å². The van der Waals surface area contributed by atoms with Crippen LogP contribution in [0, 0.1) is 5.92 Å². The maximum atomic E-state index is 11.7. The molecule has 0 aliphatic heterocycles. The van der Waals surface area contributed by atoms with Gasteiger partial charge in [0, 0.05) is 14.3 Å². The van der Waals surface area contributed by atoms with Crippen LogP contribution in [0.5, 0.6) is 0 Å². The fourth-order valence-electron chi connectivity index (χ4n) is 1.95. The molecule has 0 radical (unpaired) electrons. The van der Waals surface area contributed by atoms with E-state index in [2.05, 4.69) is 24.0 Å². The lowest BCUT2D eigenvalue weighted by Crippen LogP contribution is -2.23. The zero-order valence-corrected chi connectivity index (χ0v) is 13.1. The molecule has 0 aromatic rings. The van der Waals surface area contributed by atoms with Gasteiger partial charge < -0.3 is 0 Å². The first-order chi connectivity index (χ1) is 7.79. The topological polar surface area (TPSA) is 46.5 Å². The second-order valence-electron chi connectivity index (χ2n) is 6.25. The van der Waals surface area contributed by atoms with Crippen molar-refractivity contribution in [3.8, 4) is 0 Å². The van der Waals surface area contributed by atoms with Crippen molar-refractivity contribution in [1.82, 2.24) is 0 Å². The van der Waals surface area contributed by atoms with E-state index in [0.717, 1.165) is 18.9 Å². The van der Waals surface area contributed by atoms with Gasteiger partial charge in [-0.1, -0.05) is 38.9 Å². The molecule has 1 saturated carbocycles. The van der Waals surface area contributed by atoms with Crippen molar-refractivity contribution >= 4 is 24.3 Å². The van der Waals surface area contributed by atoms with Crippen molar-refractivity contribution in [2.45, 2.75) is 57.8 Å². The Labute approximate surface area is 107 Å². The zero-order chi connectivity index (χ0) is 12.9. The molecule has 0 N–H and O–H groups in total. The lowest BCUT2D eigenvalue weighted by Gasteiger charge is -2.17. The second-order valence-corrected chi connectivity index (χ2v) is 13.7. The van der Waals surface area contributed by atoms with E-state index in [9.17, 15) is 8.42 Å². The second kappa shape index (κ2) is 6.14. The molecule has 0 unspecified atom stereocenters. The van der Waals surface area contributed by atoms with E-state index in [4.69, 9.17) is 0 Å². The standard InChI is InChI=1S/C12H25NO2SSi/c1-17(2,3)10-9-16(14,15)13-11-12-7-5-4-6-8-12/h11-12H,4-10H2,1-3H3/b13-11-. The smallest absolute Gasteiger partial charge is 0.205 e. The molecular formula is C12H25NO2SSi. The molecule has 100 valence electrons. The Morgan fingerprint density at radius 2 is 1.76 bits per heavy atom. The normalized spacial score (nSPS) is 19.9. The molecule has 0 spiro atoms. The Morgan fingerprint density at radius 3 is 2.29 bits per heavy atom. The van der Waals surface area contributed by atoms with Crippen LogP contribution < -0.4 is 0 Å². The minimum Gasteiger partial charge on any atom is -0.205 e. The van der Waals surface area contributed by atoms with Gasteiger partial charge in [0.15, 0.2) is 0 Å². The summed E-state index contributed by atoms with van der Waals surface area (Å²) in [5, 5.41) is 0. The van der Waals surface area contributed by atoms with Crippen LogP contribution in [-0.2, 0) is 10.0 Å². The van der Waals surface area contributed by atoms with Crippen LogP contribution in [0.2, 0.25) is 25.7 Å². The highest BCUT2D eigenvalue weighted by atomic mass is 32.2. The number of nitrogens with zero attached hydrogens (tertiary/aromatic N) is 1. The fraction of sp³-hybridized carbons (Fsp3) is 0.917. The summed E-state index contributed by atoms with van der Waals surface area (Å²) in [6.45, 7) is 6.56. The molecule has 0 aromatic carbocycles. The highest BCUT2D eigenvalue weighted by Crippen LogP contribution is 2.22. The van der Waals surface area contributed by atoms with Gasteiger partial charge in [-0.05, 0) is 24.8 Å². The molecule has 1 rings (SSSR count). The van der Waals surface area contributed by atoms with Crippen LogP contribution in [0.3, 0.4) is 0 Å². The third kappa shape index (κ3) is 6.98. The predicted molar refractivity (Wildman–Crippen MR) is 77.0 cm³/mol. The summed E-state index contributed by atoms with van der Waals surface area (Å²) in [5.41, 5.74) is 0. The van der Waals surface area contributed by atoms with Crippen LogP contribution in [0.4, 0.5) is 0 Å². The predicted octanol–water partition coefficient (Wildman–Crippen LogP) is 3.31. The van der Waals surface area contributed by atoms with Crippen molar-refractivity contribution in [1.29, 1.82) is 0 Å². The monoisotopic (exact) mass is 275 g/mol. The van der Waals surface area contributed by atoms with E-state index in [1.54, 1.807) is 6.21 Å². The van der Waals surface area contributed by atoms with Crippen molar-refractivity contribution in [3.05, 3.63) is 0 Å². The Bertz CT molecular complexity index is 351. The summed E-state index contributed by atoms with van der Waals surface area (Å²) in [6.07, 6.45) is 7.61. The largest absolute Gasteiger partial charge is 0.252 e. The van der Waals surface area contributed by atoms with Gasteiger partial charge >= 0.3 is 0 Å². The average molecular weight is 275 g/mol. The summed E-state index contributed by atoms with van der Waals surface area (Å²) in [7, 11) is -4.50. The van der Waals surface area contributed by atoms with E-state index >= 15 is 0 Å². The number of hydrogen-bond acceptors (Lipinski definition) is 2. The average Bonchev–Trinajstić information content (AvgIpc) is 2.25. The molecule has 0 saturated heterocycles. The van der Waals surface area contributed by atoms with Gasteiger partial charge in [-0.3, -0.25) is 0 Å². The van der Waals surface area contributed by atoms with Crippen molar-refractivity contribution in [3.63, 3.8) is 0 Å². The minimum atomic E-state index is -3.21. The molecule has 17 heavy (non-hydrogen) atoms. The molecule has 0 amide bonds. The van der Waals surface area contributed by atoms with Crippen LogP contribution in [0.25, 0.3) is 0 Å². The van der Waals surface area contributed by atoms with E-state index in [-0.39, 0.29) is 5.75 Å². The summed E-state index contributed by atoms with van der Waals surface area (Å²) in [5.74, 6) is 0.622. The lowest BCUT2D eigenvalue weighted by atomic mass is 9.90. The molecule has 5 heteroatoms. The Balaban J connectivity index is 2.45. The van der Waals surface area contributed by atoms with Crippen molar-refractivity contribution in [2.75, 3.05) is 5.75 Å². The number of rotatable bonds is 5. The molecule has 1 aliphatic carbocycles. The summed E-state index contributed by atoms with van der Waals surface area (Å²) in [4.78, 5) is 0. The van der Waals surface area contributed by atoms with E-state index in [0.29, 0.717) is 5.92 Å². The van der Waals surface area contributed by atoms with Crippen LogP contribution >= 0.6 is 0 Å². The van der Waals surface area contributed by atoms with E-state index in [1.165, 1.54) is 19.3 Å². The van der Waals surface area contributed by atoms with Crippen LogP contribution in [-0.4, -0.2) is 28.5 Å².